The van der Waals surface area contributed by atoms with Crippen molar-refractivity contribution in [3.63, 3.8) is 0 Å². The Hall–Kier alpha value is -1.84. The summed E-state index contributed by atoms with van der Waals surface area (Å²) in [5.41, 5.74) is 3.51. The van der Waals surface area contributed by atoms with Crippen LogP contribution < -0.4 is 5.32 Å². The molecule has 24 heavy (non-hydrogen) atoms. The summed E-state index contributed by atoms with van der Waals surface area (Å²) in [5.74, 6) is 0.646. The van der Waals surface area contributed by atoms with Crippen LogP contribution in [0.25, 0.3) is 0 Å². The molecule has 1 heterocycles. The molecule has 3 rings (SSSR count). The molecule has 1 amide bonds. The number of amides is 1. The molecule has 0 aliphatic carbocycles. The van der Waals surface area contributed by atoms with Crippen molar-refractivity contribution in [3.05, 3.63) is 64.7 Å². The Bertz CT molecular complexity index is 674. The summed E-state index contributed by atoms with van der Waals surface area (Å²) >= 11 is 5.86. The zero-order valence-corrected chi connectivity index (χ0v) is 14.7. The summed E-state index contributed by atoms with van der Waals surface area (Å²) in [6, 6.07) is 16.1. The molecular weight excluding hydrogens is 320 g/mol. The Balaban J connectivity index is 1.47. The van der Waals surface area contributed by atoms with E-state index in [0.717, 1.165) is 31.6 Å². The Labute approximate surface area is 148 Å². The molecular formula is C20H23ClN2O. The molecule has 1 saturated heterocycles. The smallest absolute Gasteiger partial charge is 0.238 e. The standard InChI is InChI=1S/C20H23ClN2O/c1-15-2-4-16(5-3-15)17-10-12-23(13-11-17)14-20(24)22-19-8-6-18(21)7-9-19/h2-9,17H,10-14H2,1H3,(H,22,24). The van der Waals surface area contributed by atoms with Crippen LogP contribution in [0.1, 0.15) is 29.9 Å². The molecule has 0 aromatic heterocycles. The van der Waals surface area contributed by atoms with Crippen molar-refractivity contribution in [3.8, 4) is 0 Å². The molecule has 2 aromatic rings. The van der Waals surface area contributed by atoms with Crippen molar-refractivity contribution in [2.45, 2.75) is 25.7 Å². The fourth-order valence-electron chi connectivity index (χ4n) is 3.20. The summed E-state index contributed by atoms with van der Waals surface area (Å²) in [7, 11) is 0. The van der Waals surface area contributed by atoms with Gasteiger partial charge < -0.3 is 5.32 Å². The molecule has 0 radical (unpaired) electrons. The van der Waals surface area contributed by atoms with Gasteiger partial charge in [0.1, 0.15) is 0 Å². The Kier molecular flexibility index (Phi) is 5.54. The van der Waals surface area contributed by atoms with Crippen molar-refractivity contribution in [2.75, 3.05) is 25.0 Å². The number of halogens is 1. The number of anilines is 1. The number of nitrogens with one attached hydrogen (secondary N) is 1. The Morgan fingerprint density at radius 1 is 1.08 bits per heavy atom. The molecule has 1 aliphatic rings. The maximum atomic E-state index is 12.2. The lowest BCUT2D eigenvalue weighted by atomic mass is 9.89. The van der Waals surface area contributed by atoms with Crippen LogP contribution in [-0.2, 0) is 4.79 Å². The molecule has 3 nitrogen and oxygen atoms in total. The zero-order valence-electron chi connectivity index (χ0n) is 14.0. The maximum Gasteiger partial charge on any atom is 0.238 e. The number of rotatable bonds is 4. The minimum Gasteiger partial charge on any atom is -0.325 e. The van der Waals surface area contributed by atoms with E-state index in [2.05, 4.69) is 41.4 Å². The first-order chi connectivity index (χ1) is 11.6. The van der Waals surface area contributed by atoms with Crippen molar-refractivity contribution in [2.24, 2.45) is 0 Å². The van der Waals surface area contributed by atoms with E-state index in [0.29, 0.717) is 17.5 Å². The molecule has 0 saturated carbocycles. The highest BCUT2D eigenvalue weighted by molar-refractivity contribution is 6.30. The Morgan fingerprint density at radius 3 is 2.33 bits per heavy atom. The van der Waals surface area contributed by atoms with Crippen molar-refractivity contribution in [1.82, 2.24) is 4.90 Å². The van der Waals surface area contributed by atoms with Crippen molar-refractivity contribution >= 4 is 23.2 Å². The van der Waals surface area contributed by atoms with Crippen LogP contribution in [-0.4, -0.2) is 30.4 Å². The second kappa shape index (κ2) is 7.82. The molecule has 1 fully saturated rings. The van der Waals surface area contributed by atoms with Gasteiger partial charge in [-0.05, 0) is 68.6 Å². The van der Waals surface area contributed by atoms with Crippen LogP contribution in [0, 0.1) is 6.92 Å². The average Bonchev–Trinajstić information content (AvgIpc) is 2.58. The lowest BCUT2D eigenvalue weighted by Gasteiger charge is -2.31. The summed E-state index contributed by atoms with van der Waals surface area (Å²) in [6.07, 6.45) is 2.22. The van der Waals surface area contributed by atoms with Gasteiger partial charge in [0.15, 0.2) is 0 Å². The highest BCUT2D eigenvalue weighted by Crippen LogP contribution is 2.28. The lowest BCUT2D eigenvalue weighted by Crippen LogP contribution is -2.38. The second-order valence-corrected chi connectivity index (χ2v) is 6.95. The van der Waals surface area contributed by atoms with E-state index in [-0.39, 0.29) is 5.91 Å². The fraction of sp³-hybridized carbons (Fsp3) is 0.350. The van der Waals surface area contributed by atoms with E-state index < -0.39 is 0 Å². The largest absolute Gasteiger partial charge is 0.325 e. The number of hydrogen-bond donors (Lipinski definition) is 1. The third-order valence-electron chi connectivity index (χ3n) is 4.63. The molecule has 2 aromatic carbocycles. The number of aryl methyl sites for hydroxylation is 1. The predicted octanol–water partition coefficient (Wildman–Crippen LogP) is 4.47. The molecule has 0 spiro atoms. The minimum absolute atomic E-state index is 0.0334. The zero-order chi connectivity index (χ0) is 16.9. The van der Waals surface area contributed by atoms with Crippen LogP contribution in [0.5, 0.6) is 0 Å². The molecule has 0 bridgehead atoms. The average molecular weight is 343 g/mol. The van der Waals surface area contributed by atoms with Gasteiger partial charge >= 0.3 is 0 Å². The molecule has 4 heteroatoms. The van der Waals surface area contributed by atoms with Gasteiger partial charge in [-0.2, -0.15) is 0 Å². The normalized spacial score (nSPS) is 16.1. The van der Waals surface area contributed by atoms with Crippen molar-refractivity contribution < 1.29 is 4.79 Å². The molecule has 1 aliphatic heterocycles. The van der Waals surface area contributed by atoms with E-state index in [9.17, 15) is 4.79 Å². The second-order valence-electron chi connectivity index (χ2n) is 6.52. The van der Waals surface area contributed by atoms with E-state index in [4.69, 9.17) is 11.6 Å². The van der Waals surface area contributed by atoms with Crippen molar-refractivity contribution in [1.29, 1.82) is 0 Å². The summed E-state index contributed by atoms with van der Waals surface area (Å²) in [6.45, 7) is 4.49. The SMILES string of the molecule is Cc1ccc(C2CCN(CC(=O)Nc3ccc(Cl)cc3)CC2)cc1. The van der Waals surface area contributed by atoms with Gasteiger partial charge in [-0.1, -0.05) is 41.4 Å². The van der Waals surface area contributed by atoms with E-state index >= 15 is 0 Å². The monoisotopic (exact) mass is 342 g/mol. The minimum atomic E-state index is 0.0334. The number of nitrogens with zero attached hydrogens (tertiary/aromatic N) is 1. The number of piperidine rings is 1. The third-order valence-corrected chi connectivity index (χ3v) is 4.88. The topological polar surface area (TPSA) is 32.3 Å². The first-order valence-electron chi connectivity index (χ1n) is 8.44. The van der Waals surface area contributed by atoms with Gasteiger partial charge in [-0.3, -0.25) is 9.69 Å². The number of carbonyl (C=O) groups excluding carboxylic acids is 1. The first kappa shape index (κ1) is 17.0. The summed E-state index contributed by atoms with van der Waals surface area (Å²) < 4.78 is 0. The van der Waals surface area contributed by atoms with Crippen LogP contribution in [0.4, 0.5) is 5.69 Å². The van der Waals surface area contributed by atoms with Crippen LogP contribution in [0.15, 0.2) is 48.5 Å². The van der Waals surface area contributed by atoms with E-state index in [1.54, 1.807) is 12.1 Å². The highest BCUT2D eigenvalue weighted by atomic mass is 35.5. The van der Waals surface area contributed by atoms with Crippen LogP contribution >= 0.6 is 11.6 Å². The van der Waals surface area contributed by atoms with Gasteiger partial charge in [0.25, 0.3) is 0 Å². The third kappa shape index (κ3) is 4.59. The van der Waals surface area contributed by atoms with E-state index in [1.807, 2.05) is 12.1 Å². The number of likely N-dealkylation sites (tertiary alicyclic amines) is 1. The van der Waals surface area contributed by atoms with Crippen LogP contribution in [0.2, 0.25) is 5.02 Å². The quantitative estimate of drug-likeness (QED) is 0.889. The molecule has 0 unspecified atom stereocenters. The highest BCUT2D eigenvalue weighted by Gasteiger charge is 2.21. The van der Waals surface area contributed by atoms with Gasteiger partial charge in [0.2, 0.25) is 5.91 Å². The molecule has 1 N–H and O–H groups in total. The summed E-state index contributed by atoms with van der Waals surface area (Å²) in [5, 5.41) is 3.60. The molecule has 126 valence electrons. The van der Waals surface area contributed by atoms with Gasteiger partial charge in [0, 0.05) is 10.7 Å². The number of carbonyl (C=O) groups is 1. The maximum absolute atomic E-state index is 12.2. The van der Waals surface area contributed by atoms with Gasteiger partial charge in [-0.25, -0.2) is 0 Å². The first-order valence-corrected chi connectivity index (χ1v) is 8.82. The van der Waals surface area contributed by atoms with E-state index in [1.165, 1.54) is 11.1 Å². The van der Waals surface area contributed by atoms with Gasteiger partial charge in [0.05, 0.1) is 6.54 Å². The van der Waals surface area contributed by atoms with Gasteiger partial charge in [-0.15, -0.1) is 0 Å². The molecule has 0 atom stereocenters. The fourth-order valence-corrected chi connectivity index (χ4v) is 3.33. The van der Waals surface area contributed by atoms with Crippen LogP contribution in [0.3, 0.4) is 0 Å². The number of benzene rings is 2. The lowest BCUT2D eigenvalue weighted by molar-refractivity contribution is -0.117. The Morgan fingerprint density at radius 2 is 1.71 bits per heavy atom. The predicted molar refractivity (Wildman–Crippen MR) is 99.7 cm³/mol. The number of hydrogen-bond acceptors (Lipinski definition) is 2. The summed E-state index contributed by atoms with van der Waals surface area (Å²) in [4.78, 5) is 14.4.